The van der Waals surface area contributed by atoms with E-state index in [1.165, 1.54) is 0 Å². The second kappa shape index (κ2) is 5.40. The fraction of sp³-hybridized carbons (Fsp3) is 0.923. The Morgan fingerprint density at radius 3 is 2.42 bits per heavy atom. The Bertz CT molecular complexity index is 435. The molecule has 0 bridgehead atoms. The molecule has 19 heavy (non-hydrogen) atoms. The first-order chi connectivity index (χ1) is 8.46. The highest BCUT2D eigenvalue weighted by Crippen LogP contribution is 2.25. The van der Waals surface area contributed by atoms with E-state index in [4.69, 9.17) is 0 Å². The molecule has 1 amide bonds. The molecule has 1 saturated heterocycles. The molecule has 1 unspecified atom stereocenters. The molecular weight excluding hydrogens is 264 g/mol. The maximum absolute atomic E-state index is 12.0. The molecule has 0 spiro atoms. The van der Waals surface area contributed by atoms with E-state index in [9.17, 15) is 13.2 Å². The normalized spacial score (nSPS) is 23.9. The van der Waals surface area contributed by atoms with Crippen molar-refractivity contribution in [3.63, 3.8) is 0 Å². The van der Waals surface area contributed by atoms with Crippen molar-refractivity contribution in [2.75, 3.05) is 18.8 Å². The molecule has 1 rings (SSSR count). The summed E-state index contributed by atoms with van der Waals surface area (Å²) in [4.78, 5) is 12.0. The van der Waals surface area contributed by atoms with Gasteiger partial charge < -0.3 is 10.6 Å². The second-order valence-corrected chi connectivity index (χ2v) is 9.69. The quantitative estimate of drug-likeness (QED) is 0.802. The van der Waals surface area contributed by atoms with E-state index in [1.807, 2.05) is 0 Å². The second-order valence-electron chi connectivity index (χ2n) is 6.95. The molecular formula is C13H26N2O3S. The molecule has 1 aliphatic rings. The molecule has 112 valence electrons. The molecule has 6 heteroatoms. The minimum atomic E-state index is -3.41. The predicted octanol–water partition coefficient (Wildman–Crippen LogP) is 0.704. The average molecular weight is 290 g/mol. The van der Waals surface area contributed by atoms with Crippen LogP contribution in [0, 0.1) is 5.41 Å². The summed E-state index contributed by atoms with van der Waals surface area (Å²) >= 11 is 0. The Morgan fingerprint density at radius 1 is 1.37 bits per heavy atom. The molecule has 2 N–H and O–H groups in total. The molecule has 1 atom stereocenters. The van der Waals surface area contributed by atoms with Gasteiger partial charge >= 0.3 is 0 Å². The molecule has 0 aromatic rings. The number of hydrogen-bond donors (Lipinski definition) is 2. The first-order valence-corrected chi connectivity index (χ1v) is 8.33. The van der Waals surface area contributed by atoms with Crippen LogP contribution in [0.1, 0.15) is 41.0 Å². The largest absolute Gasteiger partial charge is 0.352 e. The first-order valence-electron chi connectivity index (χ1n) is 6.68. The van der Waals surface area contributed by atoms with E-state index in [0.717, 1.165) is 19.5 Å². The van der Waals surface area contributed by atoms with Gasteiger partial charge in [0.25, 0.3) is 0 Å². The summed E-state index contributed by atoms with van der Waals surface area (Å²) in [6.07, 6.45) is 0.828. The van der Waals surface area contributed by atoms with Crippen molar-refractivity contribution in [1.82, 2.24) is 10.6 Å². The monoisotopic (exact) mass is 290 g/mol. The third-order valence-electron chi connectivity index (χ3n) is 3.72. The minimum Gasteiger partial charge on any atom is -0.352 e. The summed E-state index contributed by atoms with van der Waals surface area (Å²) in [6.45, 7) is 10.7. The van der Waals surface area contributed by atoms with Crippen LogP contribution in [0.15, 0.2) is 0 Å². The molecule has 0 aliphatic carbocycles. The van der Waals surface area contributed by atoms with Crippen molar-refractivity contribution in [3.8, 4) is 0 Å². The molecule has 1 aliphatic heterocycles. The number of hydrogen-bond acceptors (Lipinski definition) is 4. The van der Waals surface area contributed by atoms with Crippen molar-refractivity contribution in [2.24, 2.45) is 5.41 Å². The van der Waals surface area contributed by atoms with Crippen molar-refractivity contribution in [2.45, 2.75) is 51.8 Å². The fourth-order valence-electron chi connectivity index (χ4n) is 2.06. The highest BCUT2D eigenvalue weighted by molar-refractivity contribution is 7.93. The van der Waals surface area contributed by atoms with Gasteiger partial charge in [-0.1, -0.05) is 13.8 Å². The van der Waals surface area contributed by atoms with Gasteiger partial charge in [0.15, 0.2) is 9.84 Å². The Labute approximate surface area is 116 Å². The van der Waals surface area contributed by atoms with E-state index in [-0.39, 0.29) is 11.5 Å². The number of amides is 1. The maximum Gasteiger partial charge on any atom is 0.235 e. The minimum absolute atomic E-state index is 0.0245. The predicted molar refractivity (Wildman–Crippen MR) is 76.7 cm³/mol. The lowest BCUT2D eigenvalue weighted by atomic mass is 9.80. The molecule has 0 aromatic carbocycles. The third kappa shape index (κ3) is 4.18. The zero-order valence-electron chi connectivity index (χ0n) is 12.5. The van der Waals surface area contributed by atoms with Gasteiger partial charge in [0.1, 0.15) is 5.75 Å². The Balaban J connectivity index is 2.66. The van der Waals surface area contributed by atoms with Crippen LogP contribution in [-0.2, 0) is 14.6 Å². The lowest BCUT2D eigenvalue weighted by Crippen LogP contribution is -2.55. The number of sulfone groups is 1. The molecule has 1 fully saturated rings. The van der Waals surface area contributed by atoms with E-state index in [0.29, 0.717) is 0 Å². The molecule has 0 radical (unpaired) electrons. The summed E-state index contributed by atoms with van der Waals surface area (Å²) < 4.78 is 23.1. The molecule has 5 nitrogen and oxygen atoms in total. The number of nitrogens with one attached hydrogen (secondary N) is 2. The lowest BCUT2D eigenvalue weighted by Gasteiger charge is -2.39. The Hall–Kier alpha value is -0.620. The number of rotatable bonds is 3. The van der Waals surface area contributed by atoms with E-state index in [1.54, 1.807) is 20.8 Å². The van der Waals surface area contributed by atoms with Crippen LogP contribution in [0.5, 0.6) is 0 Å². The van der Waals surface area contributed by atoms with E-state index in [2.05, 4.69) is 24.5 Å². The van der Waals surface area contributed by atoms with Crippen molar-refractivity contribution in [1.29, 1.82) is 0 Å². The first kappa shape index (κ1) is 16.4. The Morgan fingerprint density at radius 2 is 1.95 bits per heavy atom. The van der Waals surface area contributed by atoms with Crippen molar-refractivity contribution < 1.29 is 13.2 Å². The zero-order valence-corrected chi connectivity index (χ0v) is 13.4. The zero-order chi connectivity index (χ0) is 14.9. The molecule has 1 heterocycles. The number of piperidine rings is 1. The van der Waals surface area contributed by atoms with Gasteiger partial charge in [0.2, 0.25) is 5.91 Å². The van der Waals surface area contributed by atoms with Gasteiger partial charge in [-0.05, 0) is 39.2 Å². The number of carbonyl (C=O) groups is 1. The number of carbonyl (C=O) groups excluding carboxylic acids is 1. The van der Waals surface area contributed by atoms with Gasteiger partial charge in [-0.3, -0.25) is 4.79 Å². The van der Waals surface area contributed by atoms with Gasteiger partial charge in [-0.25, -0.2) is 8.42 Å². The van der Waals surface area contributed by atoms with Crippen LogP contribution < -0.4 is 10.6 Å². The van der Waals surface area contributed by atoms with Crippen LogP contribution in [0.2, 0.25) is 0 Å². The standard InChI is InChI=1S/C13H26N2O3S/c1-12(2,3)19(17,18)8-11(16)15-10-6-7-14-9-13(10,4)5/h10,14H,6-9H2,1-5H3,(H,15,16). The van der Waals surface area contributed by atoms with Crippen LogP contribution in [0.25, 0.3) is 0 Å². The van der Waals surface area contributed by atoms with Crippen LogP contribution in [0.3, 0.4) is 0 Å². The Kier molecular flexibility index (Phi) is 4.67. The van der Waals surface area contributed by atoms with Crippen molar-refractivity contribution >= 4 is 15.7 Å². The van der Waals surface area contributed by atoms with Gasteiger partial charge in [-0.2, -0.15) is 0 Å². The van der Waals surface area contributed by atoms with Gasteiger partial charge in [0.05, 0.1) is 4.75 Å². The SMILES string of the molecule is CC1(C)CNCCC1NC(=O)CS(=O)(=O)C(C)(C)C. The highest BCUT2D eigenvalue weighted by atomic mass is 32.2. The smallest absolute Gasteiger partial charge is 0.235 e. The summed E-state index contributed by atoms with van der Waals surface area (Å²) in [5, 5.41) is 6.16. The summed E-state index contributed by atoms with van der Waals surface area (Å²) in [6, 6.07) is 0.0245. The topological polar surface area (TPSA) is 75.3 Å². The summed E-state index contributed by atoms with van der Waals surface area (Å²) in [7, 11) is -3.41. The fourth-order valence-corrected chi connectivity index (χ4v) is 2.93. The maximum atomic E-state index is 12.0. The lowest BCUT2D eigenvalue weighted by molar-refractivity contribution is -0.120. The highest BCUT2D eigenvalue weighted by Gasteiger charge is 2.36. The van der Waals surface area contributed by atoms with Gasteiger partial charge in [-0.15, -0.1) is 0 Å². The van der Waals surface area contributed by atoms with E-state index < -0.39 is 26.2 Å². The summed E-state index contributed by atoms with van der Waals surface area (Å²) in [5.41, 5.74) is -0.0561. The van der Waals surface area contributed by atoms with Crippen molar-refractivity contribution in [3.05, 3.63) is 0 Å². The van der Waals surface area contributed by atoms with Crippen LogP contribution >= 0.6 is 0 Å². The van der Waals surface area contributed by atoms with Gasteiger partial charge in [0, 0.05) is 12.6 Å². The average Bonchev–Trinajstić information content (AvgIpc) is 2.18. The van der Waals surface area contributed by atoms with E-state index >= 15 is 0 Å². The molecule has 0 saturated carbocycles. The van der Waals surface area contributed by atoms with Crippen LogP contribution in [0.4, 0.5) is 0 Å². The summed E-state index contributed by atoms with van der Waals surface area (Å²) in [5.74, 6) is -0.828. The molecule has 0 aromatic heterocycles. The van der Waals surface area contributed by atoms with Crippen LogP contribution in [-0.4, -0.2) is 44.0 Å². The third-order valence-corrected chi connectivity index (χ3v) is 6.23.